The zero-order valence-corrected chi connectivity index (χ0v) is 13.0. The molecule has 23 heavy (non-hydrogen) atoms. The van der Waals surface area contributed by atoms with Crippen molar-refractivity contribution >= 4 is 11.8 Å². The predicted molar refractivity (Wildman–Crippen MR) is 86.3 cm³/mol. The number of hydrogen-bond acceptors (Lipinski definition) is 2. The second kappa shape index (κ2) is 8.08. The Bertz CT molecular complexity index is 674. The van der Waals surface area contributed by atoms with Crippen LogP contribution in [0.1, 0.15) is 22.8 Å². The summed E-state index contributed by atoms with van der Waals surface area (Å²) in [5.41, 5.74) is 0.953. The smallest absolute Gasteiger partial charge is 0.254 e. The van der Waals surface area contributed by atoms with Gasteiger partial charge in [0.2, 0.25) is 5.91 Å². The Labute approximate surface area is 134 Å². The third-order valence-electron chi connectivity index (χ3n) is 3.47. The molecule has 2 rings (SSSR count). The minimum Gasteiger partial charge on any atom is -0.343 e. The lowest BCUT2D eigenvalue weighted by atomic mass is 10.2. The maximum absolute atomic E-state index is 13.5. The van der Waals surface area contributed by atoms with E-state index in [1.54, 1.807) is 11.0 Å². The number of amides is 2. The summed E-state index contributed by atoms with van der Waals surface area (Å²) >= 11 is 0. The van der Waals surface area contributed by atoms with Crippen molar-refractivity contribution in [2.45, 2.75) is 13.5 Å². The third-order valence-corrected chi connectivity index (χ3v) is 3.47. The molecule has 5 heteroatoms. The number of halogens is 1. The molecular formula is C18H19FN2O2. The molecule has 120 valence electrons. The predicted octanol–water partition coefficient (Wildman–Crippen LogP) is 2.60. The van der Waals surface area contributed by atoms with Gasteiger partial charge in [0.15, 0.2) is 0 Å². The summed E-state index contributed by atoms with van der Waals surface area (Å²) in [6.45, 7) is 2.72. The normalized spacial score (nSPS) is 10.2. The highest BCUT2D eigenvalue weighted by Crippen LogP contribution is 2.07. The van der Waals surface area contributed by atoms with Crippen LogP contribution in [0, 0.1) is 5.82 Å². The Balaban J connectivity index is 1.92. The van der Waals surface area contributed by atoms with E-state index in [4.69, 9.17) is 0 Å². The van der Waals surface area contributed by atoms with Crippen LogP contribution in [0.4, 0.5) is 4.39 Å². The van der Waals surface area contributed by atoms with Gasteiger partial charge in [0.1, 0.15) is 5.82 Å². The highest BCUT2D eigenvalue weighted by atomic mass is 19.1. The SMILES string of the molecule is CCN(Cc1ccccc1)C(=O)CNC(=O)c1ccccc1F. The van der Waals surface area contributed by atoms with Gasteiger partial charge in [-0.15, -0.1) is 0 Å². The molecule has 0 fully saturated rings. The summed E-state index contributed by atoms with van der Waals surface area (Å²) in [5, 5.41) is 2.47. The van der Waals surface area contributed by atoms with Crippen molar-refractivity contribution in [1.82, 2.24) is 10.2 Å². The fourth-order valence-electron chi connectivity index (χ4n) is 2.19. The Morgan fingerprint density at radius 3 is 2.35 bits per heavy atom. The summed E-state index contributed by atoms with van der Waals surface area (Å²) in [5.74, 6) is -1.40. The first kappa shape index (κ1) is 16.7. The minimum absolute atomic E-state index is 0.0635. The van der Waals surface area contributed by atoms with Gasteiger partial charge in [-0.1, -0.05) is 42.5 Å². The monoisotopic (exact) mass is 314 g/mol. The summed E-state index contributed by atoms with van der Waals surface area (Å²) in [4.78, 5) is 25.8. The molecule has 4 nitrogen and oxygen atoms in total. The van der Waals surface area contributed by atoms with Gasteiger partial charge < -0.3 is 10.2 Å². The van der Waals surface area contributed by atoms with Crippen LogP contribution in [-0.4, -0.2) is 29.8 Å². The van der Waals surface area contributed by atoms with Crippen molar-refractivity contribution in [2.24, 2.45) is 0 Å². The second-order valence-corrected chi connectivity index (χ2v) is 5.06. The zero-order chi connectivity index (χ0) is 16.7. The average molecular weight is 314 g/mol. The maximum atomic E-state index is 13.5. The molecule has 0 aliphatic heterocycles. The largest absolute Gasteiger partial charge is 0.343 e. The van der Waals surface area contributed by atoms with Gasteiger partial charge in [0.25, 0.3) is 5.91 Å². The molecule has 0 aliphatic rings. The molecule has 0 unspecified atom stereocenters. The Kier molecular flexibility index (Phi) is 5.86. The van der Waals surface area contributed by atoms with Crippen LogP contribution < -0.4 is 5.32 Å². The van der Waals surface area contributed by atoms with Crippen molar-refractivity contribution in [3.05, 3.63) is 71.5 Å². The van der Waals surface area contributed by atoms with E-state index in [0.29, 0.717) is 13.1 Å². The molecular weight excluding hydrogens is 295 g/mol. The molecule has 2 amide bonds. The van der Waals surface area contributed by atoms with Gasteiger partial charge in [-0.25, -0.2) is 4.39 Å². The number of nitrogens with zero attached hydrogens (tertiary/aromatic N) is 1. The number of carbonyl (C=O) groups excluding carboxylic acids is 2. The molecule has 2 aromatic rings. The first-order chi connectivity index (χ1) is 11.1. The average Bonchev–Trinajstić information content (AvgIpc) is 2.58. The standard InChI is InChI=1S/C18H19FN2O2/c1-2-21(13-14-8-4-3-5-9-14)17(22)12-20-18(23)15-10-6-7-11-16(15)19/h3-11H,2,12-13H2,1H3,(H,20,23). The second-order valence-electron chi connectivity index (χ2n) is 5.06. The number of nitrogens with one attached hydrogen (secondary N) is 1. The van der Waals surface area contributed by atoms with Crippen molar-refractivity contribution in [3.8, 4) is 0 Å². The van der Waals surface area contributed by atoms with Crippen molar-refractivity contribution in [3.63, 3.8) is 0 Å². The third kappa shape index (κ3) is 4.64. The van der Waals surface area contributed by atoms with Gasteiger partial charge in [0.05, 0.1) is 12.1 Å². The molecule has 0 heterocycles. The molecule has 0 radical (unpaired) electrons. The van der Waals surface area contributed by atoms with Gasteiger partial charge >= 0.3 is 0 Å². The van der Waals surface area contributed by atoms with E-state index in [1.165, 1.54) is 18.2 Å². The lowest BCUT2D eigenvalue weighted by Crippen LogP contribution is -2.40. The topological polar surface area (TPSA) is 49.4 Å². The van der Waals surface area contributed by atoms with Crippen LogP contribution in [0.5, 0.6) is 0 Å². The molecule has 0 aliphatic carbocycles. The van der Waals surface area contributed by atoms with E-state index in [9.17, 15) is 14.0 Å². The molecule has 0 bridgehead atoms. The highest BCUT2D eigenvalue weighted by Gasteiger charge is 2.15. The Morgan fingerprint density at radius 2 is 1.70 bits per heavy atom. The van der Waals surface area contributed by atoms with Crippen LogP contribution >= 0.6 is 0 Å². The van der Waals surface area contributed by atoms with Crippen LogP contribution in [0.25, 0.3) is 0 Å². The van der Waals surface area contributed by atoms with Crippen LogP contribution in [0.3, 0.4) is 0 Å². The van der Waals surface area contributed by atoms with E-state index in [-0.39, 0.29) is 18.0 Å². The summed E-state index contributed by atoms with van der Waals surface area (Å²) in [7, 11) is 0. The summed E-state index contributed by atoms with van der Waals surface area (Å²) in [6.07, 6.45) is 0. The maximum Gasteiger partial charge on any atom is 0.254 e. The molecule has 0 spiro atoms. The van der Waals surface area contributed by atoms with Gasteiger partial charge in [0, 0.05) is 13.1 Å². The van der Waals surface area contributed by atoms with Gasteiger partial charge in [-0.2, -0.15) is 0 Å². The van der Waals surface area contributed by atoms with Crippen LogP contribution in [0.2, 0.25) is 0 Å². The number of rotatable bonds is 6. The van der Waals surface area contributed by atoms with E-state index in [1.807, 2.05) is 37.3 Å². The van der Waals surface area contributed by atoms with E-state index in [2.05, 4.69) is 5.32 Å². The lowest BCUT2D eigenvalue weighted by molar-refractivity contribution is -0.130. The fraction of sp³-hybridized carbons (Fsp3) is 0.222. The van der Waals surface area contributed by atoms with Crippen molar-refractivity contribution in [2.75, 3.05) is 13.1 Å². The fourth-order valence-corrected chi connectivity index (χ4v) is 2.19. The lowest BCUT2D eigenvalue weighted by Gasteiger charge is -2.21. The van der Waals surface area contributed by atoms with Crippen molar-refractivity contribution < 1.29 is 14.0 Å². The number of hydrogen-bond donors (Lipinski definition) is 1. The number of carbonyl (C=O) groups is 2. The van der Waals surface area contributed by atoms with Gasteiger partial charge in [-0.05, 0) is 24.6 Å². The van der Waals surface area contributed by atoms with Gasteiger partial charge in [-0.3, -0.25) is 9.59 Å². The van der Waals surface area contributed by atoms with E-state index < -0.39 is 11.7 Å². The Morgan fingerprint density at radius 1 is 1.04 bits per heavy atom. The first-order valence-electron chi connectivity index (χ1n) is 7.46. The molecule has 0 saturated heterocycles. The quantitative estimate of drug-likeness (QED) is 0.891. The first-order valence-corrected chi connectivity index (χ1v) is 7.46. The zero-order valence-electron chi connectivity index (χ0n) is 13.0. The Hall–Kier alpha value is -2.69. The van der Waals surface area contributed by atoms with E-state index >= 15 is 0 Å². The van der Waals surface area contributed by atoms with Crippen LogP contribution in [0.15, 0.2) is 54.6 Å². The minimum atomic E-state index is -0.603. The molecule has 1 N–H and O–H groups in total. The van der Waals surface area contributed by atoms with Crippen LogP contribution in [-0.2, 0) is 11.3 Å². The van der Waals surface area contributed by atoms with E-state index in [0.717, 1.165) is 5.56 Å². The summed E-state index contributed by atoms with van der Waals surface area (Å²) in [6, 6.07) is 15.3. The highest BCUT2D eigenvalue weighted by molar-refractivity contribution is 5.96. The number of benzene rings is 2. The summed E-state index contributed by atoms with van der Waals surface area (Å²) < 4.78 is 13.5. The van der Waals surface area contributed by atoms with Crippen molar-refractivity contribution in [1.29, 1.82) is 0 Å². The number of likely N-dealkylation sites (N-methyl/N-ethyl adjacent to an activating group) is 1. The molecule has 0 aromatic heterocycles. The molecule has 2 aromatic carbocycles. The molecule has 0 saturated carbocycles. The molecule has 0 atom stereocenters.